The second-order valence-corrected chi connectivity index (χ2v) is 10.8. The maximum atomic E-state index is 13.8. The Hall–Kier alpha value is -4.45. The van der Waals surface area contributed by atoms with Gasteiger partial charge in [0.2, 0.25) is 0 Å². The molecule has 0 unspecified atom stereocenters. The molecule has 1 aliphatic rings. The third-order valence-corrected chi connectivity index (χ3v) is 8.15. The maximum absolute atomic E-state index is 13.8. The molecule has 200 valence electrons. The van der Waals surface area contributed by atoms with E-state index in [1.807, 2.05) is 0 Å². The number of carbonyl (C=O) groups is 3. The van der Waals surface area contributed by atoms with Crippen molar-refractivity contribution in [2.75, 3.05) is 11.5 Å². The number of hydrogen-bond acceptors (Lipinski definition) is 10. The van der Waals surface area contributed by atoms with Gasteiger partial charge >= 0.3 is 5.97 Å². The zero-order valence-electron chi connectivity index (χ0n) is 22.4. The van der Waals surface area contributed by atoms with Crippen molar-refractivity contribution < 1.29 is 19.1 Å². The van der Waals surface area contributed by atoms with Crippen molar-refractivity contribution in [1.29, 1.82) is 10.5 Å². The van der Waals surface area contributed by atoms with Gasteiger partial charge in [-0.15, -0.1) is 0 Å². The van der Waals surface area contributed by atoms with Crippen LogP contribution in [-0.2, 0) is 14.3 Å². The third-order valence-electron chi connectivity index (χ3n) is 5.88. The lowest BCUT2D eigenvalue weighted by Crippen LogP contribution is -2.31. The molecule has 0 saturated heterocycles. The number of hydrogen-bond donors (Lipinski definition) is 0. The van der Waals surface area contributed by atoms with Gasteiger partial charge in [-0.25, -0.2) is 19.7 Å². The fourth-order valence-corrected chi connectivity index (χ4v) is 6.43. The van der Waals surface area contributed by atoms with E-state index in [1.165, 1.54) is 24.3 Å². The van der Waals surface area contributed by atoms with Crippen molar-refractivity contribution in [3.63, 3.8) is 0 Å². The molecule has 0 saturated carbocycles. The van der Waals surface area contributed by atoms with E-state index in [-0.39, 0.29) is 27.7 Å². The molecular weight excluding hydrogens is 546 g/mol. The van der Waals surface area contributed by atoms with Crippen molar-refractivity contribution in [2.24, 2.45) is 0 Å². The Balaban J connectivity index is 1.83. The number of nitriles is 2. The molecule has 0 bridgehead atoms. The molecule has 2 aromatic heterocycles. The van der Waals surface area contributed by atoms with E-state index in [1.54, 1.807) is 46.8 Å². The second kappa shape index (κ2) is 11.7. The predicted molar refractivity (Wildman–Crippen MR) is 150 cm³/mol. The largest absolute Gasteiger partial charge is 0.462 e. The van der Waals surface area contributed by atoms with Crippen LogP contribution >= 0.6 is 23.5 Å². The molecule has 3 aromatic rings. The Morgan fingerprint density at radius 3 is 1.70 bits per heavy atom. The molecule has 1 aliphatic heterocycles. The summed E-state index contributed by atoms with van der Waals surface area (Å²) in [6, 6.07) is 13.7. The summed E-state index contributed by atoms with van der Waals surface area (Å²) in [5.41, 5.74) is 3.81. The number of esters is 1. The predicted octanol–water partition coefficient (Wildman–Crippen LogP) is 5.30. The highest BCUT2D eigenvalue weighted by molar-refractivity contribution is 8.08. The zero-order chi connectivity index (χ0) is 29.1. The lowest BCUT2D eigenvalue weighted by Gasteiger charge is -2.15. The summed E-state index contributed by atoms with van der Waals surface area (Å²) in [7, 11) is 0. The molecule has 0 spiro atoms. The van der Waals surface area contributed by atoms with Crippen LogP contribution in [0.4, 0.5) is 5.69 Å². The van der Waals surface area contributed by atoms with E-state index in [0.29, 0.717) is 43.7 Å². The highest BCUT2D eigenvalue weighted by atomic mass is 32.2. The van der Waals surface area contributed by atoms with Gasteiger partial charge in [-0.1, -0.05) is 23.5 Å². The topological polar surface area (TPSA) is 137 Å². The van der Waals surface area contributed by atoms with Crippen LogP contribution in [0.1, 0.15) is 50.9 Å². The van der Waals surface area contributed by atoms with Gasteiger partial charge in [0, 0.05) is 11.4 Å². The number of rotatable bonds is 7. The number of aromatic nitrogens is 2. The number of amides is 2. The van der Waals surface area contributed by atoms with Crippen LogP contribution in [0.25, 0.3) is 0 Å². The molecule has 9 nitrogen and oxygen atoms in total. The van der Waals surface area contributed by atoms with E-state index in [9.17, 15) is 24.9 Å². The lowest BCUT2D eigenvalue weighted by molar-refractivity contribution is -0.120. The molecule has 0 N–H and O–H groups in total. The molecule has 0 aliphatic carbocycles. The fourth-order valence-electron chi connectivity index (χ4n) is 4.08. The first kappa shape index (κ1) is 28.6. The summed E-state index contributed by atoms with van der Waals surface area (Å²) in [5, 5.41) is 20.1. The maximum Gasteiger partial charge on any atom is 0.338 e. The number of aryl methyl sites for hydroxylation is 4. The first-order valence-electron chi connectivity index (χ1n) is 12.1. The molecule has 0 radical (unpaired) electrons. The third kappa shape index (κ3) is 5.48. The molecule has 40 heavy (non-hydrogen) atoms. The Labute approximate surface area is 239 Å². The number of benzene rings is 1. The van der Waals surface area contributed by atoms with E-state index < -0.39 is 17.8 Å². The van der Waals surface area contributed by atoms with Crippen LogP contribution in [0.5, 0.6) is 0 Å². The quantitative estimate of drug-likeness (QED) is 0.272. The van der Waals surface area contributed by atoms with Gasteiger partial charge in [0.05, 0.1) is 38.8 Å². The number of imide groups is 1. The van der Waals surface area contributed by atoms with Crippen LogP contribution in [0.15, 0.2) is 56.3 Å². The van der Waals surface area contributed by atoms with E-state index in [0.717, 1.165) is 28.4 Å². The smallest absolute Gasteiger partial charge is 0.338 e. The van der Waals surface area contributed by atoms with Crippen LogP contribution in [0.3, 0.4) is 0 Å². The van der Waals surface area contributed by atoms with Crippen LogP contribution in [-0.4, -0.2) is 34.4 Å². The minimum atomic E-state index is -0.617. The minimum absolute atomic E-state index is 0.0586. The van der Waals surface area contributed by atoms with E-state index in [2.05, 4.69) is 22.1 Å². The normalized spacial score (nSPS) is 12.9. The fraction of sp³-hybridized carbons (Fsp3) is 0.207. The summed E-state index contributed by atoms with van der Waals surface area (Å²) in [4.78, 5) is 49.8. The molecule has 4 rings (SSSR count). The van der Waals surface area contributed by atoms with Crippen molar-refractivity contribution in [2.45, 2.75) is 44.7 Å². The van der Waals surface area contributed by atoms with Gasteiger partial charge in [0.1, 0.15) is 22.2 Å². The van der Waals surface area contributed by atoms with Crippen molar-refractivity contribution >= 4 is 47.0 Å². The Kier molecular flexibility index (Phi) is 8.38. The lowest BCUT2D eigenvalue weighted by atomic mass is 10.1. The molecule has 0 atom stereocenters. The number of ether oxygens (including phenoxy) is 1. The van der Waals surface area contributed by atoms with Gasteiger partial charge in [-0.05, 0) is 82.1 Å². The first-order valence-corrected chi connectivity index (χ1v) is 13.8. The molecule has 2 amide bonds. The van der Waals surface area contributed by atoms with Gasteiger partial charge < -0.3 is 4.74 Å². The zero-order valence-corrected chi connectivity index (χ0v) is 24.0. The van der Waals surface area contributed by atoms with Gasteiger partial charge in [-0.3, -0.25) is 9.59 Å². The summed E-state index contributed by atoms with van der Waals surface area (Å²) in [5.74, 6) is -1.75. The average Bonchev–Trinajstić information content (AvgIpc) is 3.12. The number of thioether (sulfide) groups is 2. The molecule has 11 heteroatoms. The molecule has 1 aromatic carbocycles. The Morgan fingerprint density at radius 1 is 0.850 bits per heavy atom. The van der Waals surface area contributed by atoms with Crippen LogP contribution < -0.4 is 4.90 Å². The first-order chi connectivity index (χ1) is 19.1. The summed E-state index contributed by atoms with van der Waals surface area (Å²) < 4.78 is 5.02. The highest BCUT2D eigenvalue weighted by Crippen LogP contribution is 2.45. The highest BCUT2D eigenvalue weighted by Gasteiger charge is 2.41. The average molecular weight is 570 g/mol. The summed E-state index contributed by atoms with van der Waals surface area (Å²) in [6.45, 7) is 9.02. The van der Waals surface area contributed by atoms with Gasteiger partial charge in [0.25, 0.3) is 11.8 Å². The number of carbonyl (C=O) groups excluding carboxylic acids is 3. The van der Waals surface area contributed by atoms with Crippen LogP contribution in [0, 0.1) is 50.4 Å². The standard InChI is InChI=1S/C29H23N5O4S2/c1-6-38-29(37)19-7-9-20(10-8-19)34-27(35)23(39-25-21(13-30)15(2)11-17(4)32-25)24(28(34)36)40-26-22(14-31)16(3)12-18(5)33-26/h7-12H,6H2,1-5H3. The molecular formula is C29H23N5O4S2. The second-order valence-electron chi connectivity index (χ2n) is 8.82. The Bertz CT molecular complexity index is 1590. The molecule has 3 heterocycles. The minimum Gasteiger partial charge on any atom is -0.462 e. The van der Waals surface area contributed by atoms with Crippen molar-refractivity contribution in [3.8, 4) is 12.1 Å². The Morgan fingerprint density at radius 2 is 1.30 bits per heavy atom. The van der Waals surface area contributed by atoms with Gasteiger partial charge in [0.15, 0.2) is 0 Å². The van der Waals surface area contributed by atoms with Crippen LogP contribution in [0.2, 0.25) is 0 Å². The van der Waals surface area contributed by atoms with Crippen molar-refractivity contribution in [3.05, 3.63) is 85.4 Å². The van der Waals surface area contributed by atoms with Gasteiger partial charge in [-0.2, -0.15) is 10.5 Å². The monoisotopic (exact) mass is 569 g/mol. The van der Waals surface area contributed by atoms with Crippen molar-refractivity contribution in [1.82, 2.24) is 9.97 Å². The number of nitrogens with zero attached hydrogens (tertiary/aromatic N) is 5. The summed E-state index contributed by atoms with van der Waals surface area (Å²) in [6.07, 6.45) is 0. The van der Waals surface area contributed by atoms with E-state index in [4.69, 9.17) is 4.74 Å². The number of anilines is 1. The summed E-state index contributed by atoms with van der Waals surface area (Å²) >= 11 is 1.87. The van der Waals surface area contributed by atoms with E-state index >= 15 is 0 Å². The molecule has 0 fully saturated rings. The number of pyridine rings is 2. The SMILES string of the molecule is CCOC(=O)c1ccc(N2C(=O)C(Sc3nc(C)cc(C)c3C#N)=C(Sc3nc(C)cc(C)c3C#N)C2=O)cc1.